The minimum Gasteiger partial charge on any atom is -0.489 e. The van der Waals surface area contributed by atoms with Gasteiger partial charge in [-0.25, -0.2) is 4.39 Å². The van der Waals surface area contributed by atoms with Gasteiger partial charge in [0.1, 0.15) is 23.2 Å². The van der Waals surface area contributed by atoms with E-state index in [-0.39, 0.29) is 23.3 Å². The van der Waals surface area contributed by atoms with Crippen molar-refractivity contribution in [3.05, 3.63) is 28.5 Å². The number of benzene rings is 1. The van der Waals surface area contributed by atoms with E-state index in [9.17, 15) is 4.39 Å². The van der Waals surface area contributed by atoms with E-state index >= 15 is 0 Å². The highest BCUT2D eigenvalue weighted by Crippen LogP contribution is 2.31. The van der Waals surface area contributed by atoms with Gasteiger partial charge in [0.15, 0.2) is 6.29 Å². The SMILES string of the molecule is Cc1ccc(OC[C@@H]2CCC(C3OCC(C)CO3)CO2)c(Cl)c1F. The standard InChI is InChI=1S/C18H24ClFO4/c1-11-7-23-18(24-8-11)13-4-5-14(21-9-13)10-22-15-6-3-12(2)17(20)16(15)19/h3,6,11,13-14,18H,4-5,7-10H2,1-2H3/t11?,13?,14-,18?/m0/s1. The molecule has 2 aliphatic rings. The van der Waals surface area contributed by atoms with E-state index in [0.717, 1.165) is 26.1 Å². The maximum absolute atomic E-state index is 13.8. The molecular weight excluding hydrogens is 335 g/mol. The fraction of sp³-hybridized carbons (Fsp3) is 0.667. The maximum atomic E-state index is 13.8. The Morgan fingerprint density at radius 2 is 1.92 bits per heavy atom. The van der Waals surface area contributed by atoms with Crippen LogP contribution in [0.25, 0.3) is 0 Å². The lowest BCUT2D eigenvalue weighted by molar-refractivity contribution is -0.239. The van der Waals surface area contributed by atoms with Gasteiger partial charge in [0.25, 0.3) is 0 Å². The summed E-state index contributed by atoms with van der Waals surface area (Å²) >= 11 is 5.98. The van der Waals surface area contributed by atoms with Crippen molar-refractivity contribution in [3.63, 3.8) is 0 Å². The average molecular weight is 359 g/mol. The van der Waals surface area contributed by atoms with Crippen molar-refractivity contribution >= 4 is 11.6 Å². The Kier molecular flexibility index (Phi) is 5.98. The number of aryl methyl sites for hydroxylation is 1. The third-order valence-corrected chi connectivity index (χ3v) is 4.90. The first-order valence-corrected chi connectivity index (χ1v) is 8.84. The number of hydrogen-bond acceptors (Lipinski definition) is 4. The van der Waals surface area contributed by atoms with Gasteiger partial charge in [-0.3, -0.25) is 0 Å². The van der Waals surface area contributed by atoms with Gasteiger partial charge in [0.05, 0.1) is 25.9 Å². The molecular formula is C18H24ClFO4. The van der Waals surface area contributed by atoms with Gasteiger partial charge in [0.2, 0.25) is 0 Å². The van der Waals surface area contributed by atoms with E-state index in [0.29, 0.717) is 30.4 Å². The van der Waals surface area contributed by atoms with Crippen LogP contribution in [-0.2, 0) is 14.2 Å². The summed E-state index contributed by atoms with van der Waals surface area (Å²) in [5.41, 5.74) is 0.505. The average Bonchev–Trinajstić information content (AvgIpc) is 2.60. The van der Waals surface area contributed by atoms with Crippen LogP contribution in [0.5, 0.6) is 5.75 Å². The zero-order valence-corrected chi connectivity index (χ0v) is 14.9. The number of hydrogen-bond donors (Lipinski definition) is 0. The van der Waals surface area contributed by atoms with Crippen molar-refractivity contribution in [2.24, 2.45) is 11.8 Å². The minimum absolute atomic E-state index is 0.0239. The zero-order valence-electron chi connectivity index (χ0n) is 14.1. The zero-order chi connectivity index (χ0) is 17.1. The van der Waals surface area contributed by atoms with Crippen molar-refractivity contribution in [2.45, 2.75) is 39.1 Å². The summed E-state index contributed by atoms with van der Waals surface area (Å²) < 4.78 is 36.8. The lowest BCUT2D eigenvalue weighted by Gasteiger charge is -2.36. The summed E-state index contributed by atoms with van der Waals surface area (Å²) in [6, 6.07) is 3.35. The number of rotatable bonds is 4. The quantitative estimate of drug-likeness (QED) is 0.816. The van der Waals surface area contributed by atoms with E-state index in [1.165, 1.54) is 0 Å². The Morgan fingerprint density at radius 3 is 2.58 bits per heavy atom. The second-order valence-electron chi connectivity index (χ2n) is 6.75. The van der Waals surface area contributed by atoms with E-state index < -0.39 is 5.82 Å². The Hall–Kier alpha value is -0.880. The molecule has 0 radical (unpaired) electrons. The highest BCUT2D eigenvalue weighted by atomic mass is 35.5. The molecule has 24 heavy (non-hydrogen) atoms. The third kappa shape index (κ3) is 4.20. The molecule has 2 saturated heterocycles. The monoisotopic (exact) mass is 358 g/mol. The van der Waals surface area contributed by atoms with Gasteiger partial charge in [0, 0.05) is 11.8 Å². The van der Waals surface area contributed by atoms with Gasteiger partial charge >= 0.3 is 0 Å². The largest absolute Gasteiger partial charge is 0.489 e. The Balaban J connectivity index is 1.45. The second-order valence-corrected chi connectivity index (χ2v) is 7.13. The van der Waals surface area contributed by atoms with Crippen LogP contribution in [-0.4, -0.2) is 38.8 Å². The van der Waals surface area contributed by atoms with Gasteiger partial charge in [-0.2, -0.15) is 0 Å². The molecule has 0 aliphatic carbocycles. The molecule has 2 aliphatic heterocycles. The minimum atomic E-state index is -0.431. The molecule has 0 saturated carbocycles. The molecule has 0 N–H and O–H groups in total. The van der Waals surface area contributed by atoms with Crippen LogP contribution in [0, 0.1) is 24.6 Å². The number of halogens is 2. The summed E-state index contributed by atoms with van der Waals surface area (Å²) in [5, 5.41) is 0.0295. The molecule has 0 amide bonds. The molecule has 1 aromatic rings. The summed E-state index contributed by atoms with van der Waals surface area (Å²) in [6.07, 6.45) is 1.63. The summed E-state index contributed by atoms with van der Waals surface area (Å²) in [7, 11) is 0. The first-order valence-electron chi connectivity index (χ1n) is 8.46. The molecule has 6 heteroatoms. The molecule has 2 atom stereocenters. The predicted octanol–water partition coefficient (Wildman–Crippen LogP) is 3.97. The third-order valence-electron chi connectivity index (χ3n) is 4.55. The molecule has 3 rings (SSSR count). The van der Waals surface area contributed by atoms with Gasteiger partial charge in [-0.1, -0.05) is 24.6 Å². The van der Waals surface area contributed by atoms with Crippen LogP contribution in [0.15, 0.2) is 12.1 Å². The van der Waals surface area contributed by atoms with Crippen molar-refractivity contribution < 1.29 is 23.3 Å². The number of ether oxygens (including phenoxy) is 4. The fourth-order valence-electron chi connectivity index (χ4n) is 2.98. The lowest BCUT2D eigenvalue weighted by atomic mass is 9.97. The molecule has 1 unspecified atom stereocenters. The van der Waals surface area contributed by atoms with Gasteiger partial charge < -0.3 is 18.9 Å². The Morgan fingerprint density at radius 1 is 1.17 bits per heavy atom. The molecule has 0 spiro atoms. The first-order chi connectivity index (χ1) is 11.5. The normalized spacial score (nSPS) is 31.0. The second kappa shape index (κ2) is 8.00. The summed E-state index contributed by atoms with van der Waals surface area (Å²) in [5.74, 6) is 0.638. The molecule has 134 valence electrons. The molecule has 1 aromatic carbocycles. The van der Waals surface area contributed by atoms with Crippen LogP contribution in [0.2, 0.25) is 5.02 Å². The summed E-state index contributed by atoms with van der Waals surface area (Å²) in [6.45, 7) is 6.21. The van der Waals surface area contributed by atoms with Crippen LogP contribution >= 0.6 is 11.6 Å². The molecule has 2 heterocycles. The van der Waals surface area contributed by atoms with E-state index in [1.807, 2.05) is 0 Å². The van der Waals surface area contributed by atoms with Crippen LogP contribution < -0.4 is 4.74 Å². The Bertz CT molecular complexity index is 552. The van der Waals surface area contributed by atoms with Crippen LogP contribution in [0.4, 0.5) is 4.39 Å². The summed E-state index contributed by atoms with van der Waals surface area (Å²) in [4.78, 5) is 0. The Labute approximate surface area is 147 Å². The fourth-order valence-corrected chi connectivity index (χ4v) is 3.25. The highest BCUT2D eigenvalue weighted by molar-refractivity contribution is 6.32. The smallest absolute Gasteiger partial charge is 0.162 e. The van der Waals surface area contributed by atoms with Crippen LogP contribution in [0.3, 0.4) is 0 Å². The first kappa shape index (κ1) is 17.9. The van der Waals surface area contributed by atoms with Crippen molar-refractivity contribution in [3.8, 4) is 5.75 Å². The molecule has 0 bridgehead atoms. The lowest BCUT2D eigenvalue weighted by Crippen LogP contribution is -2.42. The van der Waals surface area contributed by atoms with Crippen molar-refractivity contribution in [1.82, 2.24) is 0 Å². The van der Waals surface area contributed by atoms with Gasteiger partial charge in [-0.15, -0.1) is 0 Å². The molecule has 2 fully saturated rings. The van der Waals surface area contributed by atoms with Crippen molar-refractivity contribution in [2.75, 3.05) is 26.4 Å². The highest BCUT2D eigenvalue weighted by Gasteiger charge is 2.32. The topological polar surface area (TPSA) is 36.9 Å². The van der Waals surface area contributed by atoms with Crippen LogP contribution in [0.1, 0.15) is 25.3 Å². The van der Waals surface area contributed by atoms with E-state index in [2.05, 4.69) is 6.92 Å². The van der Waals surface area contributed by atoms with Crippen molar-refractivity contribution in [1.29, 1.82) is 0 Å². The van der Waals surface area contributed by atoms with Gasteiger partial charge in [-0.05, 0) is 31.4 Å². The molecule has 0 aromatic heterocycles. The predicted molar refractivity (Wildman–Crippen MR) is 89.0 cm³/mol. The van der Waals surface area contributed by atoms with E-state index in [1.54, 1.807) is 19.1 Å². The van der Waals surface area contributed by atoms with E-state index in [4.69, 9.17) is 30.5 Å². The molecule has 4 nitrogen and oxygen atoms in total. The maximum Gasteiger partial charge on any atom is 0.162 e.